The lowest BCUT2D eigenvalue weighted by Crippen LogP contribution is -2.26. The monoisotopic (exact) mass is 495 g/mol. The summed E-state index contributed by atoms with van der Waals surface area (Å²) in [7, 11) is -3.46. The van der Waals surface area contributed by atoms with Gasteiger partial charge in [0, 0.05) is 24.0 Å². The van der Waals surface area contributed by atoms with E-state index in [0.29, 0.717) is 18.7 Å². The van der Waals surface area contributed by atoms with Crippen molar-refractivity contribution in [1.29, 1.82) is 0 Å². The highest BCUT2D eigenvalue weighted by Gasteiger charge is 2.12. The molecule has 1 atom stereocenters. The zero-order valence-electron chi connectivity index (χ0n) is 17.8. The van der Waals surface area contributed by atoms with Crippen LogP contribution < -0.4 is 14.8 Å². The van der Waals surface area contributed by atoms with Gasteiger partial charge in [-0.05, 0) is 48.4 Å². The summed E-state index contributed by atoms with van der Waals surface area (Å²) in [6.45, 7) is 3.35. The molecule has 0 unspecified atom stereocenters. The van der Waals surface area contributed by atoms with Crippen molar-refractivity contribution >= 4 is 38.6 Å². The van der Waals surface area contributed by atoms with Crippen molar-refractivity contribution in [1.82, 2.24) is 10.3 Å². The van der Waals surface area contributed by atoms with E-state index in [1.165, 1.54) is 6.07 Å². The Kier molecular flexibility index (Phi) is 8.50. The molecule has 0 saturated carbocycles. The highest BCUT2D eigenvalue weighted by Crippen LogP contribution is 2.27. The average molecular weight is 496 g/mol. The molecule has 2 aromatic carbocycles. The molecule has 3 aromatic rings. The maximum absolute atomic E-state index is 11.4. The van der Waals surface area contributed by atoms with E-state index in [1.807, 2.05) is 24.3 Å². The Balaban J connectivity index is 1.44. The van der Waals surface area contributed by atoms with Gasteiger partial charge < -0.3 is 15.2 Å². The summed E-state index contributed by atoms with van der Waals surface area (Å²) in [4.78, 5) is 4.59. The van der Waals surface area contributed by atoms with E-state index >= 15 is 0 Å². The Hall–Kier alpha value is -2.17. The van der Waals surface area contributed by atoms with Crippen molar-refractivity contribution in [3.05, 3.63) is 63.4 Å². The van der Waals surface area contributed by atoms with Crippen LogP contribution in [0.5, 0.6) is 5.75 Å². The molecule has 3 rings (SSSR count). The SMILES string of the molecule is CCc1nc(-c2ccc(OCCNC[C@@H](O)c3ccc(Cl)c(NS(C)(=O)=O)c3)cc2)cs1. The molecule has 0 spiro atoms. The predicted molar refractivity (Wildman–Crippen MR) is 130 cm³/mol. The lowest BCUT2D eigenvalue weighted by molar-refractivity contribution is 0.172. The number of nitrogens with one attached hydrogen (secondary N) is 2. The molecule has 32 heavy (non-hydrogen) atoms. The zero-order valence-corrected chi connectivity index (χ0v) is 20.2. The molecule has 172 valence electrons. The van der Waals surface area contributed by atoms with Crippen molar-refractivity contribution < 1.29 is 18.3 Å². The molecule has 10 heteroatoms. The number of aliphatic hydroxyl groups excluding tert-OH is 1. The normalized spacial score (nSPS) is 12.5. The Labute approximate surface area is 197 Å². The highest BCUT2D eigenvalue weighted by molar-refractivity contribution is 7.92. The number of aromatic nitrogens is 1. The molecule has 0 bridgehead atoms. The third kappa shape index (κ3) is 7.18. The largest absolute Gasteiger partial charge is 0.492 e. The average Bonchev–Trinajstić information content (AvgIpc) is 3.24. The quantitative estimate of drug-likeness (QED) is 0.346. The Morgan fingerprint density at radius 1 is 1.22 bits per heavy atom. The van der Waals surface area contributed by atoms with E-state index in [0.717, 1.165) is 34.7 Å². The van der Waals surface area contributed by atoms with Crippen molar-refractivity contribution in [2.24, 2.45) is 0 Å². The van der Waals surface area contributed by atoms with Crippen LogP contribution in [-0.4, -0.2) is 44.5 Å². The van der Waals surface area contributed by atoms with Gasteiger partial charge in [0.05, 0.1) is 33.8 Å². The first-order valence-electron chi connectivity index (χ1n) is 10.1. The molecule has 3 N–H and O–H groups in total. The number of nitrogens with zero attached hydrogens (tertiary/aromatic N) is 1. The number of aryl methyl sites for hydroxylation is 1. The third-order valence-corrected chi connectivity index (χ3v) is 6.47. The minimum Gasteiger partial charge on any atom is -0.492 e. The highest BCUT2D eigenvalue weighted by atomic mass is 35.5. The van der Waals surface area contributed by atoms with Gasteiger partial charge in [-0.25, -0.2) is 13.4 Å². The van der Waals surface area contributed by atoms with Gasteiger partial charge in [-0.1, -0.05) is 24.6 Å². The van der Waals surface area contributed by atoms with E-state index in [9.17, 15) is 13.5 Å². The maximum atomic E-state index is 11.4. The summed E-state index contributed by atoms with van der Waals surface area (Å²) in [5.41, 5.74) is 2.83. The Bertz CT molecular complexity index is 1130. The second kappa shape index (κ2) is 11.1. The van der Waals surface area contributed by atoms with Crippen LogP contribution in [0, 0.1) is 0 Å². The molecule has 0 amide bonds. The number of aliphatic hydroxyl groups is 1. The summed E-state index contributed by atoms with van der Waals surface area (Å²) >= 11 is 7.68. The van der Waals surface area contributed by atoms with E-state index in [2.05, 4.69) is 27.3 Å². The molecular weight excluding hydrogens is 470 g/mol. The lowest BCUT2D eigenvalue weighted by atomic mass is 10.1. The van der Waals surface area contributed by atoms with E-state index in [4.69, 9.17) is 16.3 Å². The van der Waals surface area contributed by atoms with Crippen LogP contribution in [0.1, 0.15) is 23.6 Å². The smallest absolute Gasteiger partial charge is 0.229 e. The van der Waals surface area contributed by atoms with Gasteiger partial charge in [-0.15, -0.1) is 11.3 Å². The number of rotatable bonds is 11. The minimum absolute atomic E-state index is 0.237. The molecule has 0 aliphatic carbocycles. The molecular formula is C22H26ClN3O4S2. The van der Waals surface area contributed by atoms with Gasteiger partial charge in [0.15, 0.2) is 0 Å². The molecule has 1 aromatic heterocycles. The molecule has 0 aliphatic rings. The summed E-state index contributed by atoms with van der Waals surface area (Å²) in [6, 6.07) is 12.5. The van der Waals surface area contributed by atoms with E-state index in [1.54, 1.807) is 23.5 Å². The third-order valence-electron chi connectivity index (χ3n) is 4.56. The summed E-state index contributed by atoms with van der Waals surface area (Å²) in [5.74, 6) is 0.760. The first-order chi connectivity index (χ1) is 15.2. The molecule has 0 saturated heterocycles. The van der Waals surface area contributed by atoms with E-state index in [-0.39, 0.29) is 17.3 Å². The maximum Gasteiger partial charge on any atom is 0.229 e. The van der Waals surface area contributed by atoms with Gasteiger partial charge in [0.2, 0.25) is 10.0 Å². The fourth-order valence-electron chi connectivity index (χ4n) is 2.95. The van der Waals surface area contributed by atoms with Gasteiger partial charge in [0.25, 0.3) is 0 Å². The Morgan fingerprint density at radius 3 is 2.62 bits per heavy atom. The predicted octanol–water partition coefficient (Wildman–Crippen LogP) is 4.10. The van der Waals surface area contributed by atoms with Gasteiger partial charge in [-0.3, -0.25) is 4.72 Å². The van der Waals surface area contributed by atoms with Crippen LogP contribution in [0.4, 0.5) is 5.69 Å². The van der Waals surface area contributed by atoms with Gasteiger partial charge in [-0.2, -0.15) is 0 Å². The van der Waals surface area contributed by atoms with Crippen LogP contribution >= 0.6 is 22.9 Å². The standard InChI is InChI=1S/C22H26ClN3O4S2/c1-3-22-25-20(14-31-22)15-4-7-17(8-5-15)30-11-10-24-13-21(27)16-6-9-18(23)19(12-16)26-32(2,28)29/h4-9,12,14,21,24,26-27H,3,10-11,13H2,1-2H3/t21-/m1/s1. The Morgan fingerprint density at radius 2 is 1.97 bits per heavy atom. The van der Waals surface area contributed by atoms with Crippen molar-refractivity contribution in [3.8, 4) is 17.0 Å². The number of hydrogen-bond donors (Lipinski definition) is 3. The fraction of sp³-hybridized carbons (Fsp3) is 0.318. The lowest BCUT2D eigenvalue weighted by Gasteiger charge is -2.15. The first kappa shape index (κ1) is 24.5. The summed E-state index contributed by atoms with van der Waals surface area (Å²) in [5, 5.41) is 17.0. The van der Waals surface area contributed by atoms with Gasteiger partial charge in [0.1, 0.15) is 12.4 Å². The van der Waals surface area contributed by atoms with Crippen LogP contribution in [0.3, 0.4) is 0 Å². The number of thiazole rings is 1. The molecule has 0 fully saturated rings. The van der Waals surface area contributed by atoms with Crippen molar-refractivity contribution in [3.63, 3.8) is 0 Å². The molecule has 0 aliphatic heterocycles. The fourth-order valence-corrected chi connectivity index (χ4v) is 4.50. The molecule has 0 radical (unpaired) electrons. The van der Waals surface area contributed by atoms with Gasteiger partial charge >= 0.3 is 0 Å². The van der Waals surface area contributed by atoms with Crippen LogP contribution in [0.25, 0.3) is 11.3 Å². The van der Waals surface area contributed by atoms with Crippen molar-refractivity contribution in [2.45, 2.75) is 19.4 Å². The second-order valence-corrected chi connectivity index (χ2v) is 10.3. The number of anilines is 1. The molecule has 1 heterocycles. The zero-order chi connectivity index (χ0) is 23.1. The molecule has 7 nitrogen and oxygen atoms in total. The number of sulfonamides is 1. The van der Waals surface area contributed by atoms with Crippen molar-refractivity contribution in [2.75, 3.05) is 30.7 Å². The number of ether oxygens (including phenoxy) is 1. The summed E-state index contributed by atoms with van der Waals surface area (Å²) in [6.07, 6.45) is 1.16. The number of hydrogen-bond acceptors (Lipinski definition) is 7. The first-order valence-corrected chi connectivity index (χ1v) is 13.2. The number of halogens is 1. The topological polar surface area (TPSA) is 101 Å². The van der Waals surface area contributed by atoms with Crippen LogP contribution in [0.15, 0.2) is 47.8 Å². The minimum atomic E-state index is -3.46. The van der Waals surface area contributed by atoms with E-state index < -0.39 is 16.1 Å². The second-order valence-electron chi connectivity index (χ2n) is 7.19. The number of benzene rings is 2. The van der Waals surface area contributed by atoms with Crippen LogP contribution in [-0.2, 0) is 16.4 Å². The van der Waals surface area contributed by atoms with Crippen LogP contribution in [0.2, 0.25) is 5.02 Å². The summed E-state index contributed by atoms with van der Waals surface area (Å²) < 4.78 is 31.0.